The molecule has 1 saturated heterocycles. The number of aliphatic hydroxyl groups is 1. The van der Waals surface area contributed by atoms with Gasteiger partial charge in [-0.25, -0.2) is 0 Å². The van der Waals surface area contributed by atoms with Crippen molar-refractivity contribution in [2.75, 3.05) is 33.4 Å². The van der Waals surface area contributed by atoms with Gasteiger partial charge in [-0.3, -0.25) is 4.79 Å². The molecular formula is C15H22N2O4. The van der Waals surface area contributed by atoms with E-state index in [1.165, 1.54) is 0 Å². The van der Waals surface area contributed by atoms with Crippen molar-refractivity contribution in [1.82, 2.24) is 10.6 Å². The Kier molecular flexibility index (Phi) is 5.83. The quantitative estimate of drug-likeness (QED) is 0.667. The van der Waals surface area contributed by atoms with Crippen LogP contribution in [0.3, 0.4) is 0 Å². The van der Waals surface area contributed by atoms with Crippen LogP contribution in [0, 0.1) is 5.92 Å². The third-order valence-electron chi connectivity index (χ3n) is 3.52. The highest BCUT2D eigenvalue weighted by atomic mass is 16.5. The molecule has 0 bridgehead atoms. The van der Waals surface area contributed by atoms with E-state index in [-0.39, 0.29) is 17.9 Å². The molecule has 21 heavy (non-hydrogen) atoms. The number of amides is 1. The number of hydrogen-bond donors (Lipinski definition) is 3. The minimum Gasteiger partial charge on any atom is -0.497 e. The smallest absolute Gasteiger partial charge is 0.223 e. The molecule has 0 aliphatic carbocycles. The Morgan fingerprint density at radius 3 is 2.67 bits per heavy atom. The molecule has 6 nitrogen and oxygen atoms in total. The first-order chi connectivity index (χ1) is 10.2. The summed E-state index contributed by atoms with van der Waals surface area (Å²) in [5.41, 5.74) is 0. The Morgan fingerprint density at radius 1 is 1.33 bits per heavy atom. The molecule has 0 spiro atoms. The molecule has 0 saturated carbocycles. The molecule has 1 heterocycles. The molecule has 1 amide bonds. The predicted octanol–water partition coefficient (Wildman–Crippen LogP) is 0.161. The lowest BCUT2D eigenvalue weighted by molar-refractivity contribution is -0.121. The SMILES string of the molecule is COc1ccc(OCCC(=O)NCC2CNCC2O)cc1. The summed E-state index contributed by atoms with van der Waals surface area (Å²) < 4.78 is 10.5. The molecule has 0 aromatic heterocycles. The zero-order valence-electron chi connectivity index (χ0n) is 12.2. The van der Waals surface area contributed by atoms with Crippen molar-refractivity contribution < 1.29 is 19.4 Å². The molecule has 1 aromatic carbocycles. The molecule has 1 fully saturated rings. The maximum Gasteiger partial charge on any atom is 0.223 e. The van der Waals surface area contributed by atoms with Crippen LogP contribution in [0.5, 0.6) is 11.5 Å². The standard InChI is InChI=1S/C15H22N2O4/c1-20-12-2-4-13(5-3-12)21-7-6-15(19)17-9-11-8-16-10-14(11)18/h2-5,11,14,16,18H,6-10H2,1H3,(H,17,19). The normalized spacial score (nSPS) is 21.0. The van der Waals surface area contributed by atoms with Gasteiger partial charge in [0.1, 0.15) is 11.5 Å². The average Bonchev–Trinajstić information content (AvgIpc) is 2.91. The summed E-state index contributed by atoms with van der Waals surface area (Å²) in [7, 11) is 1.61. The fourth-order valence-electron chi connectivity index (χ4n) is 2.19. The fourth-order valence-corrected chi connectivity index (χ4v) is 2.19. The number of β-amino-alcohol motifs (C(OH)–C–C–N with tert-alkyl or cyclic N) is 1. The van der Waals surface area contributed by atoms with Crippen molar-refractivity contribution in [3.05, 3.63) is 24.3 Å². The van der Waals surface area contributed by atoms with E-state index in [2.05, 4.69) is 10.6 Å². The highest BCUT2D eigenvalue weighted by Crippen LogP contribution is 2.17. The number of aliphatic hydroxyl groups excluding tert-OH is 1. The van der Waals surface area contributed by atoms with Gasteiger partial charge in [-0.05, 0) is 24.3 Å². The summed E-state index contributed by atoms with van der Waals surface area (Å²) in [5, 5.41) is 15.5. The summed E-state index contributed by atoms with van der Waals surface area (Å²) in [6.07, 6.45) is -0.0803. The molecule has 0 radical (unpaired) electrons. The van der Waals surface area contributed by atoms with Gasteiger partial charge in [0.05, 0.1) is 26.2 Å². The van der Waals surface area contributed by atoms with E-state index in [1.807, 2.05) is 12.1 Å². The van der Waals surface area contributed by atoms with E-state index in [4.69, 9.17) is 9.47 Å². The number of benzene rings is 1. The summed E-state index contributed by atoms with van der Waals surface area (Å²) in [4.78, 5) is 11.7. The third-order valence-corrected chi connectivity index (χ3v) is 3.52. The number of rotatable bonds is 7. The van der Waals surface area contributed by atoms with Crippen LogP contribution in [-0.2, 0) is 4.79 Å². The van der Waals surface area contributed by atoms with E-state index in [1.54, 1.807) is 19.2 Å². The molecule has 116 valence electrons. The van der Waals surface area contributed by atoms with E-state index in [9.17, 15) is 9.90 Å². The van der Waals surface area contributed by atoms with Crippen LogP contribution in [0.4, 0.5) is 0 Å². The molecule has 3 N–H and O–H groups in total. The number of nitrogens with one attached hydrogen (secondary N) is 2. The minimum absolute atomic E-state index is 0.0670. The van der Waals surface area contributed by atoms with Crippen LogP contribution < -0.4 is 20.1 Å². The molecule has 1 aliphatic rings. The Morgan fingerprint density at radius 2 is 2.05 bits per heavy atom. The van der Waals surface area contributed by atoms with Crippen molar-refractivity contribution in [3.8, 4) is 11.5 Å². The van der Waals surface area contributed by atoms with Crippen molar-refractivity contribution in [3.63, 3.8) is 0 Å². The van der Waals surface area contributed by atoms with Crippen LogP contribution in [0.1, 0.15) is 6.42 Å². The zero-order valence-corrected chi connectivity index (χ0v) is 12.2. The summed E-state index contributed by atoms with van der Waals surface area (Å²) in [6.45, 7) is 2.16. The molecule has 1 aromatic rings. The Hall–Kier alpha value is -1.79. The summed E-state index contributed by atoms with van der Waals surface area (Å²) >= 11 is 0. The second-order valence-electron chi connectivity index (χ2n) is 5.06. The zero-order chi connectivity index (χ0) is 15.1. The Balaban J connectivity index is 1.62. The third kappa shape index (κ3) is 4.91. The van der Waals surface area contributed by atoms with Crippen LogP contribution in [0.25, 0.3) is 0 Å². The molecule has 2 atom stereocenters. The van der Waals surface area contributed by atoms with Crippen LogP contribution in [0.2, 0.25) is 0 Å². The lowest BCUT2D eigenvalue weighted by Gasteiger charge is -2.14. The maximum atomic E-state index is 11.7. The molecule has 2 unspecified atom stereocenters. The van der Waals surface area contributed by atoms with Crippen molar-refractivity contribution in [2.24, 2.45) is 5.92 Å². The van der Waals surface area contributed by atoms with Gasteiger partial charge in [0.25, 0.3) is 0 Å². The number of ether oxygens (including phenoxy) is 2. The fraction of sp³-hybridized carbons (Fsp3) is 0.533. The number of carbonyl (C=O) groups excluding carboxylic acids is 1. The van der Waals surface area contributed by atoms with Crippen LogP contribution >= 0.6 is 0 Å². The van der Waals surface area contributed by atoms with Crippen molar-refractivity contribution in [2.45, 2.75) is 12.5 Å². The van der Waals surface area contributed by atoms with E-state index in [0.29, 0.717) is 31.9 Å². The number of methoxy groups -OCH3 is 1. The van der Waals surface area contributed by atoms with Crippen LogP contribution in [0.15, 0.2) is 24.3 Å². The lowest BCUT2D eigenvalue weighted by Crippen LogP contribution is -2.34. The largest absolute Gasteiger partial charge is 0.497 e. The first-order valence-corrected chi connectivity index (χ1v) is 7.11. The first kappa shape index (κ1) is 15.6. The van der Waals surface area contributed by atoms with E-state index < -0.39 is 0 Å². The lowest BCUT2D eigenvalue weighted by atomic mass is 10.1. The van der Waals surface area contributed by atoms with Gasteiger partial charge in [0.2, 0.25) is 5.91 Å². The highest BCUT2D eigenvalue weighted by molar-refractivity contribution is 5.76. The van der Waals surface area contributed by atoms with E-state index in [0.717, 1.165) is 12.3 Å². The Labute approximate surface area is 124 Å². The Bertz CT molecular complexity index is 449. The summed E-state index contributed by atoms with van der Waals surface area (Å²) in [6, 6.07) is 7.22. The van der Waals surface area contributed by atoms with Gasteiger partial charge >= 0.3 is 0 Å². The monoisotopic (exact) mass is 294 g/mol. The van der Waals surface area contributed by atoms with Gasteiger partial charge in [-0.15, -0.1) is 0 Å². The first-order valence-electron chi connectivity index (χ1n) is 7.11. The number of hydrogen-bond acceptors (Lipinski definition) is 5. The maximum absolute atomic E-state index is 11.7. The molecular weight excluding hydrogens is 272 g/mol. The molecule has 2 rings (SSSR count). The number of carbonyl (C=O) groups is 1. The molecule has 6 heteroatoms. The van der Waals surface area contributed by atoms with Gasteiger partial charge in [-0.1, -0.05) is 0 Å². The highest BCUT2D eigenvalue weighted by Gasteiger charge is 2.24. The van der Waals surface area contributed by atoms with E-state index >= 15 is 0 Å². The second kappa shape index (κ2) is 7.85. The second-order valence-corrected chi connectivity index (χ2v) is 5.06. The van der Waals surface area contributed by atoms with Gasteiger partial charge in [-0.2, -0.15) is 0 Å². The molecule has 1 aliphatic heterocycles. The topological polar surface area (TPSA) is 79.8 Å². The van der Waals surface area contributed by atoms with Gasteiger partial charge in [0.15, 0.2) is 0 Å². The summed E-state index contributed by atoms with van der Waals surface area (Å²) in [5.74, 6) is 1.50. The average molecular weight is 294 g/mol. The predicted molar refractivity (Wildman–Crippen MR) is 78.5 cm³/mol. The van der Waals surface area contributed by atoms with Crippen molar-refractivity contribution in [1.29, 1.82) is 0 Å². The van der Waals surface area contributed by atoms with Gasteiger partial charge < -0.3 is 25.2 Å². The van der Waals surface area contributed by atoms with Crippen molar-refractivity contribution >= 4 is 5.91 Å². The van der Waals surface area contributed by atoms with Crippen LogP contribution in [-0.4, -0.2) is 50.5 Å². The van der Waals surface area contributed by atoms with Gasteiger partial charge in [0, 0.05) is 25.6 Å². The minimum atomic E-state index is -0.374.